The maximum atomic E-state index is 12.4. The van der Waals surface area contributed by atoms with E-state index in [9.17, 15) is 9.59 Å². The molecule has 0 fully saturated rings. The first-order valence-corrected chi connectivity index (χ1v) is 8.58. The molecular formula is C21H22N2O3. The number of ether oxygens (including phenoxy) is 1. The fourth-order valence-corrected chi connectivity index (χ4v) is 2.97. The summed E-state index contributed by atoms with van der Waals surface area (Å²) < 4.78 is 5.35. The van der Waals surface area contributed by atoms with E-state index in [4.69, 9.17) is 4.74 Å². The van der Waals surface area contributed by atoms with E-state index in [2.05, 4.69) is 4.98 Å². The Balaban J connectivity index is 1.57. The minimum atomic E-state index is -0.818. The molecule has 3 rings (SSSR count). The monoisotopic (exact) mass is 350 g/mol. The van der Waals surface area contributed by atoms with Crippen molar-refractivity contribution in [3.8, 4) is 0 Å². The normalized spacial score (nSPS) is 11.9. The van der Waals surface area contributed by atoms with Crippen LogP contribution in [0.4, 0.5) is 0 Å². The van der Waals surface area contributed by atoms with Crippen LogP contribution in [-0.4, -0.2) is 34.9 Å². The van der Waals surface area contributed by atoms with Crippen LogP contribution in [0.2, 0.25) is 0 Å². The van der Waals surface area contributed by atoms with Gasteiger partial charge in [0.25, 0.3) is 5.91 Å². The van der Waals surface area contributed by atoms with Crippen molar-refractivity contribution >= 4 is 22.8 Å². The summed E-state index contributed by atoms with van der Waals surface area (Å²) >= 11 is 0. The third kappa shape index (κ3) is 4.11. The van der Waals surface area contributed by atoms with E-state index in [-0.39, 0.29) is 12.3 Å². The third-order valence-corrected chi connectivity index (χ3v) is 4.30. The molecule has 1 atom stereocenters. The van der Waals surface area contributed by atoms with Crippen molar-refractivity contribution in [2.45, 2.75) is 26.0 Å². The molecule has 26 heavy (non-hydrogen) atoms. The number of carbonyl (C=O) groups excluding carboxylic acids is 2. The molecule has 0 aliphatic heterocycles. The van der Waals surface area contributed by atoms with Crippen LogP contribution in [0.25, 0.3) is 10.9 Å². The van der Waals surface area contributed by atoms with Crippen LogP contribution in [0.1, 0.15) is 18.1 Å². The van der Waals surface area contributed by atoms with E-state index < -0.39 is 12.1 Å². The standard InChI is InChI=1S/C21H22N2O3/c1-15(21(25)23(2)14-16-8-4-3-5-9-16)26-20(24)12-17-13-22-19-11-7-6-10-18(17)19/h3-11,13,15,22H,12,14H2,1-2H3/t15-/m0/s1. The largest absolute Gasteiger partial charge is 0.452 e. The Hall–Kier alpha value is -3.08. The lowest BCUT2D eigenvalue weighted by molar-refractivity contribution is -0.158. The fraction of sp³-hybridized carbons (Fsp3) is 0.238. The first-order valence-electron chi connectivity index (χ1n) is 8.58. The van der Waals surface area contributed by atoms with Crippen molar-refractivity contribution in [1.29, 1.82) is 0 Å². The fourth-order valence-electron chi connectivity index (χ4n) is 2.97. The number of nitrogens with zero attached hydrogens (tertiary/aromatic N) is 1. The van der Waals surface area contributed by atoms with Gasteiger partial charge in [-0.2, -0.15) is 0 Å². The highest BCUT2D eigenvalue weighted by atomic mass is 16.5. The lowest BCUT2D eigenvalue weighted by Crippen LogP contribution is -2.37. The molecule has 0 radical (unpaired) electrons. The van der Waals surface area contributed by atoms with Gasteiger partial charge in [0, 0.05) is 30.7 Å². The van der Waals surface area contributed by atoms with Crippen LogP contribution in [0.3, 0.4) is 0 Å². The zero-order valence-corrected chi connectivity index (χ0v) is 14.9. The van der Waals surface area contributed by atoms with Gasteiger partial charge in [0.15, 0.2) is 6.10 Å². The Kier molecular flexibility index (Phi) is 5.37. The van der Waals surface area contributed by atoms with Crippen LogP contribution in [0.5, 0.6) is 0 Å². The number of H-pyrrole nitrogens is 1. The Labute approximate surface area is 152 Å². The van der Waals surface area contributed by atoms with Crippen LogP contribution >= 0.6 is 0 Å². The maximum Gasteiger partial charge on any atom is 0.311 e. The van der Waals surface area contributed by atoms with Gasteiger partial charge in [0.05, 0.1) is 6.42 Å². The van der Waals surface area contributed by atoms with Crippen LogP contribution in [0.15, 0.2) is 60.8 Å². The number of amides is 1. The van der Waals surface area contributed by atoms with Gasteiger partial charge in [0.2, 0.25) is 0 Å². The Morgan fingerprint density at radius 3 is 2.54 bits per heavy atom. The molecule has 0 saturated carbocycles. The summed E-state index contributed by atoms with van der Waals surface area (Å²) in [5, 5.41) is 0.990. The second kappa shape index (κ2) is 7.87. The van der Waals surface area contributed by atoms with Crippen LogP contribution in [0, 0.1) is 0 Å². The van der Waals surface area contributed by atoms with Gasteiger partial charge in [-0.3, -0.25) is 9.59 Å². The molecule has 1 aromatic heterocycles. The van der Waals surface area contributed by atoms with Gasteiger partial charge >= 0.3 is 5.97 Å². The van der Waals surface area contributed by atoms with E-state index in [1.807, 2.05) is 54.6 Å². The number of rotatable bonds is 6. The summed E-state index contributed by atoms with van der Waals surface area (Å²) in [7, 11) is 1.71. The summed E-state index contributed by atoms with van der Waals surface area (Å²) in [5.74, 6) is -0.634. The first-order chi connectivity index (χ1) is 12.5. The summed E-state index contributed by atoms with van der Waals surface area (Å²) in [5.41, 5.74) is 2.87. The highest BCUT2D eigenvalue weighted by molar-refractivity contribution is 5.88. The zero-order valence-electron chi connectivity index (χ0n) is 14.9. The zero-order chi connectivity index (χ0) is 18.5. The molecule has 0 aliphatic carbocycles. The van der Waals surface area contributed by atoms with Gasteiger partial charge in [0.1, 0.15) is 0 Å². The van der Waals surface area contributed by atoms with Crippen molar-refractivity contribution < 1.29 is 14.3 Å². The Morgan fingerprint density at radius 1 is 1.08 bits per heavy atom. The molecule has 5 nitrogen and oxygen atoms in total. The molecule has 5 heteroatoms. The average molecular weight is 350 g/mol. The van der Waals surface area contributed by atoms with Crippen molar-refractivity contribution in [2.24, 2.45) is 0 Å². The minimum absolute atomic E-state index is 0.129. The number of likely N-dealkylation sites (N-methyl/N-ethyl adjacent to an activating group) is 1. The number of aromatic amines is 1. The molecule has 1 N–H and O–H groups in total. The number of nitrogens with one attached hydrogen (secondary N) is 1. The molecule has 0 aliphatic rings. The molecule has 0 unspecified atom stereocenters. The summed E-state index contributed by atoms with van der Waals surface area (Å²) in [6.45, 7) is 2.08. The summed E-state index contributed by atoms with van der Waals surface area (Å²) in [6, 6.07) is 17.5. The quantitative estimate of drug-likeness (QED) is 0.694. The second-order valence-electron chi connectivity index (χ2n) is 6.35. The molecule has 134 valence electrons. The topological polar surface area (TPSA) is 62.4 Å². The predicted octanol–water partition coefficient (Wildman–Crippen LogP) is 3.30. The highest BCUT2D eigenvalue weighted by Gasteiger charge is 2.22. The number of fused-ring (bicyclic) bond motifs is 1. The van der Waals surface area contributed by atoms with Crippen molar-refractivity contribution in [3.63, 3.8) is 0 Å². The number of esters is 1. The number of hydrogen-bond acceptors (Lipinski definition) is 3. The molecule has 2 aromatic carbocycles. The van der Waals surface area contributed by atoms with Crippen molar-refractivity contribution in [3.05, 3.63) is 71.9 Å². The van der Waals surface area contributed by atoms with Gasteiger partial charge in [-0.1, -0.05) is 48.5 Å². The van der Waals surface area contributed by atoms with Gasteiger partial charge in [-0.05, 0) is 24.1 Å². The van der Waals surface area contributed by atoms with Crippen LogP contribution in [-0.2, 0) is 27.3 Å². The van der Waals surface area contributed by atoms with Crippen molar-refractivity contribution in [1.82, 2.24) is 9.88 Å². The van der Waals surface area contributed by atoms with Gasteiger partial charge in [-0.15, -0.1) is 0 Å². The predicted molar refractivity (Wildman–Crippen MR) is 100 cm³/mol. The summed E-state index contributed by atoms with van der Waals surface area (Å²) in [4.78, 5) is 29.4. The molecule has 1 amide bonds. The van der Waals surface area contributed by atoms with Gasteiger partial charge < -0.3 is 14.6 Å². The highest BCUT2D eigenvalue weighted by Crippen LogP contribution is 2.18. The SMILES string of the molecule is C[C@H](OC(=O)Cc1c[nH]c2ccccc12)C(=O)N(C)Cc1ccccc1. The lowest BCUT2D eigenvalue weighted by Gasteiger charge is -2.21. The smallest absolute Gasteiger partial charge is 0.311 e. The minimum Gasteiger partial charge on any atom is -0.452 e. The van der Waals surface area contributed by atoms with E-state index >= 15 is 0 Å². The molecule has 0 saturated heterocycles. The third-order valence-electron chi connectivity index (χ3n) is 4.30. The van der Waals surface area contributed by atoms with E-state index in [0.29, 0.717) is 6.54 Å². The molecule has 0 spiro atoms. The number of aromatic nitrogens is 1. The number of para-hydroxylation sites is 1. The maximum absolute atomic E-state index is 12.4. The number of hydrogen-bond donors (Lipinski definition) is 1. The van der Waals surface area contributed by atoms with E-state index in [0.717, 1.165) is 22.0 Å². The lowest BCUT2D eigenvalue weighted by atomic mass is 10.1. The molecule has 3 aromatic rings. The number of carbonyl (C=O) groups is 2. The average Bonchev–Trinajstić information content (AvgIpc) is 3.04. The number of benzene rings is 2. The first kappa shape index (κ1) is 17.7. The molecule has 0 bridgehead atoms. The molecule has 1 heterocycles. The van der Waals surface area contributed by atoms with Crippen molar-refractivity contribution in [2.75, 3.05) is 7.05 Å². The Morgan fingerprint density at radius 2 is 1.77 bits per heavy atom. The van der Waals surface area contributed by atoms with Gasteiger partial charge in [-0.25, -0.2) is 0 Å². The molecular weight excluding hydrogens is 328 g/mol. The van der Waals surface area contributed by atoms with Crippen LogP contribution < -0.4 is 0 Å². The van der Waals surface area contributed by atoms with E-state index in [1.54, 1.807) is 25.1 Å². The Bertz CT molecular complexity index is 902. The summed E-state index contributed by atoms with van der Waals surface area (Å²) in [6.07, 6.45) is 1.12. The van der Waals surface area contributed by atoms with E-state index in [1.165, 1.54) is 0 Å². The second-order valence-corrected chi connectivity index (χ2v) is 6.35.